The molecule has 1 aliphatic carbocycles. The summed E-state index contributed by atoms with van der Waals surface area (Å²) in [5.74, 6) is 1.21. The molecule has 4 heteroatoms. The highest BCUT2D eigenvalue weighted by atomic mass is 16.3. The minimum atomic E-state index is -0.0658. The van der Waals surface area contributed by atoms with Crippen molar-refractivity contribution in [2.24, 2.45) is 5.92 Å². The number of nitrogen functional groups attached to an aromatic ring is 1. The maximum absolute atomic E-state index is 9.21. The summed E-state index contributed by atoms with van der Waals surface area (Å²) in [6.45, 7) is 1.84. The summed E-state index contributed by atoms with van der Waals surface area (Å²) in [5, 5.41) is 9.21. The van der Waals surface area contributed by atoms with Crippen molar-refractivity contribution in [2.75, 3.05) is 19.3 Å². The first-order chi connectivity index (χ1) is 7.63. The summed E-state index contributed by atoms with van der Waals surface area (Å²) in [4.78, 5) is 6.50. The Morgan fingerprint density at radius 1 is 1.50 bits per heavy atom. The molecule has 0 saturated heterocycles. The molecular weight excluding hydrogens is 202 g/mol. The predicted octanol–water partition coefficient (Wildman–Crippen LogP) is 0.867. The molecule has 1 heterocycles. The Morgan fingerprint density at radius 2 is 2.25 bits per heavy atom. The second-order valence-electron chi connectivity index (χ2n) is 4.74. The third kappa shape index (κ3) is 2.93. The van der Waals surface area contributed by atoms with E-state index >= 15 is 0 Å². The molecule has 88 valence electrons. The Morgan fingerprint density at radius 3 is 2.88 bits per heavy atom. The van der Waals surface area contributed by atoms with E-state index in [0.29, 0.717) is 11.7 Å². The van der Waals surface area contributed by atoms with Crippen molar-refractivity contribution >= 4 is 5.82 Å². The number of nitrogens with two attached hydrogens (primary N) is 1. The van der Waals surface area contributed by atoms with Crippen molar-refractivity contribution in [3.63, 3.8) is 0 Å². The number of anilines is 1. The van der Waals surface area contributed by atoms with Crippen LogP contribution in [0.4, 0.5) is 5.82 Å². The van der Waals surface area contributed by atoms with Crippen LogP contribution >= 0.6 is 0 Å². The van der Waals surface area contributed by atoms with Crippen LogP contribution in [0.25, 0.3) is 0 Å². The molecule has 0 spiro atoms. The minimum absolute atomic E-state index is 0.0658. The Bertz CT molecular complexity index is 350. The zero-order valence-corrected chi connectivity index (χ0v) is 9.63. The van der Waals surface area contributed by atoms with Gasteiger partial charge in [0.15, 0.2) is 0 Å². The average Bonchev–Trinajstić information content (AvgIpc) is 2.15. The zero-order chi connectivity index (χ0) is 11.5. The molecule has 1 saturated carbocycles. The molecule has 0 aromatic carbocycles. The molecule has 4 nitrogen and oxygen atoms in total. The van der Waals surface area contributed by atoms with E-state index in [0.717, 1.165) is 31.6 Å². The van der Waals surface area contributed by atoms with Gasteiger partial charge in [0, 0.05) is 13.1 Å². The lowest BCUT2D eigenvalue weighted by Gasteiger charge is -2.34. The van der Waals surface area contributed by atoms with Crippen LogP contribution in [0.1, 0.15) is 18.5 Å². The summed E-state index contributed by atoms with van der Waals surface area (Å²) in [6.07, 6.45) is 1.81. The molecule has 1 fully saturated rings. The van der Waals surface area contributed by atoms with Crippen LogP contribution in [0.15, 0.2) is 18.2 Å². The van der Waals surface area contributed by atoms with Gasteiger partial charge in [0.25, 0.3) is 0 Å². The number of nitrogens with zero attached hydrogens (tertiary/aromatic N) is 2. The van der Waals surface area contributed by atoms with Crippen LogP contribution in [0.2, 0.25) is 0 Å². The minimum Gasteiger partial charge on any atom is -0.393 e. The molecule has 2 rings (SSSR count). The summed E-state index contributed by atoms with van der Waals surface area (Å²) in [6, 6.07) is 5.72. The van der Waals surface area contributed by atoms with Crippen LogP contribution in [-0.2, 0) is 6.54 Å². The van der Waals surface area contributed by atoms with Crippen LogP contribution in [-0.4, -0.2) is 34.7 Å². The second kappa shape index (κ2) is 4.80. The van der Waals surface area contributed by atoms with Gasteiger partial charge in [-0.1, -0.05) is 6.07 Å². The number of pyridine rings is 1. The Hall–Kier alpha value is -1.13. The van der Waals surface area contributed by atoms with E-state index in [-0.39, 0.29) is 6.10 Å². The fourth-order valence-corrected chi connectivity index (χ4v) is 2.22. The first kappa shape index (κ1) is 11.4. The van der Waals surface area contributed by atoms with Crippen LogP contribution in [0.5, 0.6) is 0 Å². The molecule has 0 aliphatic heterocycles. The quantitative estimate of drug-likeness (QED) is 0.792. The lowest BCUT2D eigenvalue weighted by Crippen LogP contribution is -2.36. The topological polar surface area (TPSA) is 62.4 Å². The molecule has 0 unspecified atom stereocenters. The highest BCUT2D eigenvalue weighted by Gasteiger charge is 2.27. The van der Waals surface area contributed by atoms with Crippen LogP contribution in [0.3, 0.4) is 0 Å². The number of aliphatic hydroxyl groups excluding tert-OH is 1. The van der Waals surface area contributed by atoms with E-state index < -0.39 is 0 Å². The summed E-state index contributed by atoms with van der Waals surface area (Å²) in [7, 11) is 2.08. The van der Waals surface area contributed by atoms with Gasteiger partial charge in [0.2, 0.25) is 0 Å². The van der Waals surface area contributed by atoms with E-state index in [1.165, 1.54) is 0 Å². The van der Waals surface area contributed by atoms with Gasteiger partial charge in [-0.25, -0.2) is 4.98 Å². The molecule has 1 aromatic rings. The van der Waals surface area contributed by atoms with Gasteiger partial charge in [-0.15, -0.1) is 0 Å². The third-order valence-corrected chi connectivity index (χ3v) is 3.04. The summed E-state index contributed by atoms with van der Waals surface area (Å²) in [5.41, 5.74) is 6.63. The lowest BCUT2D eigenvalue weighted by molar-refractivity contribution is 0.0272. The van der Waals surface area contributed by atoms with Gasteiger partial charge in [-0.05, 0) is 37.9 Å². The lowest BCUT2D eigenvalue weighted by atomic mass is 9.82. The number of hydrogen-bond donors (Lipinski definition) is 2. The number of hydrogen-bond acceptors (Lipinski definition) is 4. The standard InChI is InChI=1S/C12H19N3O/c1-15(7-9-5-11(16)6-9)8-10-3-2-4-12(13)14-10/h2-4,9,11,16H,5-8H2,1H3,(H2,13,14). The fourth-order valence-electron chi connectivity index (χ4n) is 2.22. The number of aromatic nitrogens is 1. The maximum atomic E-state index is 9.21. The van der Waals surface area contributed by atoms with Gasteiger partial charge < -0.3 is 15.7 Å². The van der Waals surface area contributed by atoms with Crippen molar-refractivity contribution in [2.45, 2.75) is 25.5 Å². The van der Waals surface area contributed by atoms with Crippen LogP contribution < -0.4 is 5.73 Å². The maximum Gasteiger partial charge on any atom is 0.123 e. The fraction of sp³-hybridized carbons (Fsp3) is 0.583. The SMILES string of the molecule is CN(Cc1cccc(N)n1)CC1CC(O)C1. The van der Waals surface area contributed by atoms with E-state index in [9.17, 15) is 5.11 Å². The highest BCUT2D eigenvalue weighted by molar-refractivity contribution is 5.28. The second-order valence-corrected chi connectivity index (χ2v) is 4.74. The monoisotopic (exact) mass is 221 g/mol. The van der Waals surface area contributed by atoms with E-state index in [1.807, 2.05) is 12.1 Å². The molecule has 0 amide bonds. The molecule has 0 radical (unpaired) electrons. The van der Waals surface area contributed by atoms with Crippen molar-refractivity contribution < 1.29 is 5.11 Å². The third-order valence-electron chi connectivity index (χ3n) is 3.04. The molecule has 16 heavy (non-hydrogen) atoms. The predicted molar refractivity (Wildman–Crippen MR) is 63.7 cm³/mol. The molecule has 0 atom stereocenters. The highest BCUT2D eigenvalue weighted by Crippen LogP contribution is 2.27. The van der Waals surface area contributed by atoms with Gasteiger partial charge in [-0.2, -0.15) is 0 Å². The van der Waals surface area contributed by atoms with Gasteiger partial charge >= 0.3 is 0 Å². The molecule has 1 aromatic heterocycles. The zero-order valence-electron chi connectivity index (χ0n) is 9.63. The van der Waals surface area contributed by atoms with Gasteiger partial charge in [-0.3, -0.25) is 0 Å². The van der Waals surface area contributed by atoms with Crippen molar-refractivity contribution in [3.05, 3.63) is 23.9 Å². The average molecular weight is 221 g/mol. The first-order valence-corrected chi connectivity index (χ1v) is 5.71. The smallest absolute Gasteiger partial charge is 0.123 e. The normalized spacial score (nSPS) is 24.4. The summed E-state index contributed by atoms with van der Waals surface area (Å²) < 4.78 is 0. The van der Waals surface area contributed by atoms with Crippen molar-refractivity contribution in [1.82, 2.24) is 9.88 Å². The van der Waals surface area contributed by atoms with Crippen LogP contribution in [0, 0.1) is 5.92 Å². The Kier molecular flexibility index (Phi) is 3.41. The van der Waals surface area contributed by atoms with E-state index in [4.69, 9.17) is 5.73 Å². The molecule has 1 aliphatic rings. The van der Waals surface area contributed by atoms with Gasteiger partial charge in [0.1, 0.15) is 5.82 Å². The Labute approximate surface area is 96.1 Å². The molecule has 3 N–H and O–H groups in total. The number of rotatable bonds is 4. The van der Waals surface area contributed by atoms with Crippen molar-refractivity contribution in [1.29, 1.82) is 0 Å². The number of aliphatic hydroxyl groups is 1. The molecule has 0 bridgehead atoms. The molecular formula is C12H19N3O. The van der Waals surface area contributed by atoms with Gasteiger partial charge in [0.05, 0.1) is 11.8 Å². The van der Waals surface area contributed by atoms with Crippen molar-refractivity contribution in [3.8, 4) is 0 Å². The Balaban J connectivity index is 1.80. The summed E-state index contributed by atoms with van der Waals surface area (Å²) >= 11 is 0. The largest absolute Gasteiger partial charge is 0.393 e. The van der Waals surface area contributed by atoms with E-state index in [1.54, 1.807) is 6.07 Å². The van der Waals surface area contributed by atoms with E-state index in [2.05, 4.69) is 16.9 Å². The first-order valence-electron chi connectivity index (χ1n) is 5.71.